The minimum Gasteiger partial charge on any atom is -0.333 e. The molecular formula is C17H20N5OS+. The third kappa shape index (κ3) is 2.32. The predicted molar refractivity (Wildman–Crippen MR) is 96.9 cm³/mol. The molecule has 1 atom stereocenters. The monoisotopic (exact) mass is 342 g/mol. The van der Waals surface area contributed by atoms with Gasteiger partial charge in [0.1, 0.15) is 11.4 Å². The lowest BCUT2D eigenvalue weighted by atomic mass is 10.1. The number of nitrogens with one attached hydrogen (secondary N) is 2. The van der Waals surface area contributed by atoms with Gasteiger partial charge < -0.3 is 4.90 Å². The van der Waals surface area contributed by atoms with E-state index in [2.05, 4.69) is 17.5 Å². The Bertz CT molecular complexity index is 973. The lowest BCUT2D eigenvalue weighted by Gasteiger charge is -2.19. The fourth-order valence-corrected chi connectivity index (χ4v) is 4.61. The Kier molecular flexibility index (Phi) is 3.64. The molecule has 6 nitrogen and oxygen atoms in total. The summed E-state index contributed by atoms with van der Waals surface area (Å²) in [6, 6.07) is 7.80. The molecule has 1 aromatic carbocycles. The zero-order chi connectivity index (χ0) is 16.8. The number of thiophene rings is 1. The summed E-state index contributed by atoms with van der Waals surface area (Å²) in [5.41, 5.74) is 5.62. The van der Waals surface area contributed by atoms with E-state index in [1.54, 1.807) is 15.9 Å². The van der Waals surface area contributed by atoms with Crippen molar-refractivity contribution < 1.29 is 4.90 Å². The number of hydrazine groups is 1. The first kappa shape index (κ1) is 15.3. The van der Waals surface area contributed by atoms with Crippen molar-refractivity contribution in [2.75, 3.05) is 19.0 Å². The van der Waals surface area contributed by atoms with Gasteiger partial charge in [-0.05, 0) is 24.6 Å². The van der Waals surface area contributed by atoms with Crippen LogP contribution >= 0.6 is 11.3 Å². The molecule has 0 bridgehead atoms. The minimum atomic E-state index is -0.0474. The molecule has 0 spiro atoms. The summed E-state index contributed by atoms with van der Waals surface area (Å²) in [5.74, 6) is 6.02. The summed E-state index contributed by atoms with van der Waals surface area (Å²) in [5, 5.41) is 0.752. The highest BCUT2D eigenvalue weighted by Crippen LogP contribution is 2.30. The number of rotatable bonds is 2. The number of anilines is 1. The average Bonchev–Trinajstić information content (AvgIpc) is 2.93. The van der Waals surface area contributed by atoms with Gasteiger partial charge in [-0.1, -0.05) is 17.7 Å². The fraction of sp³-hybridized carbons (Fsp3) is 0.294. The van der Waals surface area contributed by atoms with Crippen LogP contribution in [0.5, 0.6) is 0 Å². The van der Waals surface area contributed by atoms with Gasteiger partial charge in [0.15, 0.2) is 0 Å². The molecule has 0 amide bonds. The van der Waals surface area contributed by atoms with Crippen molar-refractivity contribution in [3.8, 4) is 5.69 Å². The molecule has 0 saturated heterocycles. The molecule has 124 valence electrons. The van der Waals surface area contributed by atoms with E-state index in [4.69, 9.17) is 5.84 Å². The molecule has 4 N–H and O–H groups in total. The average molecular weight is 342 g/mol. The zero-order valence-electron chi connectivity index (χ0n) is 13.7. The molecule has 24 heavy (non-hydrogen) atoms. The zero-order valence-corrected chi connectivity index (χ0v) is 14.5. The number of quaternary nitrogens is 1. The Morgan fingerprint density at radius 2 is 2.08 bits per heavy atom. The van der Waals surface area contributed by atoms with Crippen molar-refractivity contribution >= 4 is 27.5 Å². The normalized spacial score (nSPS) is 17.0. The van der Waals surface area contributed by atoms with Gasteiger partial charge >= 0.3 is 0 Å². The van der Waals surface area contributed by atoms with E-state index in [1.165, 1.54) is 15.3 Å². The number of hydrogen-bond donors (Lipinski definition) is 3. The van der Waals surface area contributed by atoms with E-state index >= 15 is 0 Å². The van der Waals surface area contributed by atoms with Gasteiger partial charge in [0.25, 0.3) is 5.56 Å². The minimum absolute atomic E-state index is 0.0474. The number of likely N-dealkylation sites (N-methyl/N-ethyl adjacent to an activating group) is 1. The summed E-state index contributed by atoms with van der Waals surface area (Å²) < 4.78 is 1.57. The van der Waals surface area contributed by atoms with E-state index in [-0.39, 0.29) is 5.56 Å². The Labute approximate surface area is 143 Å². The lowest BCUT2D eigenvalue weighted by Crippen LogP contribution is -3.08. The van der Waals surface area contributed by atoms with Crippen molar-refractivity contribution in [1.29, 1.82) is 0 Å². The molecule has 0 aliphatic carbocycles. The molecule has 3 heterocycles. The number of hydrogen-bond acceptors (Lipinski definition) is 5. The van der Waals surface area contributed by atoms with Gasteiger partial charge in [-0.15, -0.1) is 11.3 Å². The lowest BCUT2D eigenvalue weighted by molar-refractivity contribution is -0.895. The van der Waals surface area contributed by atoms with Gasteiger partial charge in [-0.25, -0.2) is 15.4 Å². The third-order valence-electron chi connectivity index (χ3n) is 4.59. The number of benzene rings is 1. The molecule has 4 rings (SSSR count). The predicted octanol–water partition coefficient (Wildman–Crippen LogP) is 0.612. The van der Waals surface area contributed by atoms with Crippen LogP contribution in [0.4, 0.5) is 5.95 Å². The molecular weight excluding hydrogens is 322 g/mol. The van der Waals surface area contributed by atoms with Crippen molar-refractivity contribution in [3.63, 3.8) is 0 Å². The number of nitrogen functional groups attached to an aromatic ring is 1. The molecule has 3 aromatic rings. The van der Waals surface area contributed by atoms with Gasteiger partial charge in [0, 0.05) is 6.42 Å². The topological polar surface area (TPSA) is 77.4 Å². The van der Waals surface area contributed by atoms with E-state index in [0.717, 1.165) is 41.0 Å². The van der Waals surface area contributed by atoms with Crippen LogP contribution in [0.2, 0.25) is 0 Å². The number of nitrogens with zero attached hydrogens (tertiary/aromatic N) is 2. The number of nitrogens with two attached hydrogens (primary N) is 1. The Hall–Kier alpha value is -2.22. The first-order valence-corrected chi connectivity index (χ1v) is 8.82. The molecule has 0 saturated carbocycles. The van der Waals surface area contributed by atoms with Crippen molar-refractivity contribution in [2.45, 2.75) is 19.9 Å². The highest BCUT2D eigenvalue weighted by molar-refractivity contribution is 7.18. The summed E-state index contributed by atoms with van der Waals surface area (Å²) in [4.78, 5) is 21.4. The largest absolute Gasteiger partial charge is 0.333 e. The maximum Gasteiger partial charge on any atom is 0.268 e. The van der Waals surface area contributed by atoms with Crippen LogP contribution in [0.15, 0.2) is 29.1 Å². The van der Waals surface area contributed by atoms with Crippen LogP contribution in [0.3, 0.4) is 0 Å². The first-order valence-electron chi connectivity index (χ1n) is 8.00. The van der Waals surface area contributed by atoms with Crippen molar-refractivity contribution in [1.82, 2.24) is 9.55 Å². The highest BCUT2D eigenvalue weighted by atomic mass is 32.1. The molecule has 7 heteroatoms. The molecule has 2 aromatic heterocycles. The number of fused-ring (bicyclic) bond motifs is 3. The van der Waals surface area contributed by atoms with E-state index in [9.17, 15) is 4.79 Å². The molecule has 0 radical (unpaired) electrons. The van der Waals surface area contributed by atoms with Crippen LogP contribution < -0.4 is 21.7 Å². The number of aromatic nitrogens is 2. The summed E-state index contributed by atoms with van der Waals surface area (Å²) in [6.07, 6.45) is 0.918. The quantitative estimate of drug-likeness (QED) is 0.471. The Morgan fingerprint density at radius 1 is 1.33 bits per heavy atom. The molecule has 1 aliphatic rings. The van der Waals surface area contributed by atoms with Crippen LogP contribution in [-0.4, -0.2) is 23.1 Å². The van der Waals surface area contributed by atoms with Crippen molar-refractivity contribution in [2.24, 2.45) is 5.84 Å². The Morgan fingerprint density at radius 3 is 2.79 bits per heavy atom. The summed E-state index contributed by atoms with van der Waals surface area (Å²) in [6.45, 7) is 4.01. The summed E-state index contributed by atoms with van der Waals surface area (Å²) in [7, 11) is 2.18. The van der Waals surface area contributed by atoms with Crippen LogP contribution in [-0.2, 0) is 13.0 Å². The van der Waals surface area contributed by atoms with Crippen LogP contribution in [0.25, 0.3) is 15.9 Å². The van der Waals surface area contributed by atoms with Gasteiger partial charge in [0.05, 0.1) is 29.5 Å². The van der Waals surface area contributed by atoms with Gasteiger partial charge in [-0.3, -0.25) is 10.2 Å². The molecule has 0 fully saturated rings. The maximum atomic E-state index is 13.2. The van der Waals surface area contributed by atoms with E-state index < -0.39 is 0 Å². The maximum absolute atomic E-state index is 13.2. The molecule has 1 aliphatic heterocycles. The smallest absolute Gasteiger partial charge is 0.268 e. The number of aryl methyl sites for hydroxylation is 1. The second-order valence-corrected chi connectivity index (χ2v) is 7.46. The third-order valence-corrected chi connectivity index (χ3v) is 5.72. The summed E-state index contributed by atoms with van der Waals surface area (Å²) >= 11 is 1.61. The second-order valence-electron chi connectivity index (χ2n) is 6.37. The van der Waals surface area contributed by atoms with E-state index in [0.29, 0.717) is 5.95 Å². The van der Waals surface area contributed by atoms with E-state index in [1.807, 2.05) is 31.2 Å². The standard InChI is InChI=1S/C17H19N5OS/c1-10-3-5-11(6-4-10)22-16(23)14-12-7-8-21(2)9-13(12)24-15(14)19-17(22)20-18/h3-6H,7-9,18H2,1-2H3,(H,19,20)/p+1. The second kappa shape index (κ2) is 5.70. The van der Waals surface area contributed by atoms with Gasteiger partial charge in [0.2, 0.25) is 5.95 Å². The SMILES string of the molecule is Cc1ccc(-n2c(NN)nc3sc4c(c3c2=O)CC[NH+](C)C4)cc1. The first-order chi connectivity index (χ1) is 11.6. The van der Waals surface area contributed by atoms with Crippen LogP contribution in [0.1, 0.15) is 16.0 Å². The highest BCUT2D eigenvalue weighted by Gasteiger charge is 2.25. The van der Waals surface area contributed by atoms with Gasteiger partial charge in [-0.2, -0.15) is 0 Å². The Balaban J connectivity index is 2.01. The fourth-order valence-electron chi connectivity index (χ4n) is 3.29. The van der Waals surface area contributed by atoms with Crippen molar-refractivity contribution in [3.05, 3.63) is 50.6 Å². The van der Waals surface area contributed by atoms with Crippen LogP contribution in [0, 0.1) is 6.92 Å². The molecule has 1 unspecified atom stereocenters.